The smallest absolute Gasteiger partial charge is 0.423 e. The van der Waals surface area contributed by atoms with Gasteiger partial charge in [0.15, 0.2) is 11.5 Å². The molecule has 1 aromatic carbocycles. The number of methoxy groups -OCH3 is 2. The quantitative estimate of drug-likeness (QED) is 0.667. The van der Waals surface area contributed by atoms with Crippen LogP contribution in [0, 0.1) is 0 Å². The molecule has 0 amide bonds. The second kappa shape index (κ2) is 8.58. The predicted molar refractivity (Wildman–Crippen MR) is 86.2 cm³/mol. The Morgan fingerprint density at radius 3 is 2.21 bits per heavy atom. The van der Waals surface area contributed by atoms with Crippen molar-refractivity contribution in [2.75, 3.05) is 14.2 Å². The number of rotatable bonds is 9. The minimum atomic E-state index is -4.91. The lowest BCUT2D eigenvalue weighted by Crippen LogP contribution is -2.55. The highest BCUT2D eigenvalue weighted by Gasteiger charge is 2.58. The topological polar surface area (TPSA) is 64.7 Å². The first-order chi connectivity index (χ1) is 11.2. The Bertz CT molecular complexity index is 522. The van der Waals surface area contributed by atoms with Gasteiger partial charge in [0.05, 0.1) is 14.2 Å². The highest BCUT2D eigenvalue weighted by atomic mass is 19.4. The molecular weight excluding hydrogens is 323 g/mol. The molecule has 0 fully saturated rings. The normalized spacial score (nSPS) is 15.7. The van der Waals surface area contributed by atoms with Gasteiger partial charge in [-0.3, -0.25) is 0 Å². The van der Waals surface area contributed by atoms with Gasteiger partial charge in [-0.05, 0) is 24.1 Å². The van der Waals surface area contributed by atoms with Crippen molar-refractivity contribution >= 4 is 0 Å². The molecule has 0 spiro atoms. The van der Waals surface area contributed by atoms with Gasteiger partial charge in [-0.15, -0.1) is 0 Å². The average Bonchev–Trinajstić information content (AvgIpc) is 2.55. The van der Waals surface area contributed by atoms with E-state index in [9.17, 15) is 18.3 Å². The van der Waals surface area contributed by atoms with Gasteiger partial charge in [0.2, 0.25) is 5.60 Å². The maximum Gasteiger partial charge on any atom is 0.423 e. The zero-order valence-corrected chi connectivity index (χ0v) is 14.3. The first-order valence-corrected chi connectivity index (χ1v) is 7.99. The van der Waals surface area contributed by atoms with Gasteiger partial charge >= 0.3 is 6.18 Å². The van der Waals surface area contributed by atoms with Crippen LogP contribution in [0.5, 0.6) is 11.5 Å². The average molecular weight is 349 g/mol. The Balaban J connectivity index is 3.16. The molecule has 4 nitrogen and oxygen atoms in total. The molecule has 24 heavy (non-hydrogen) atoms. The van der Waals surface area contributed by atoms with Crippen LogP contribution in [-0.4, -0.2) is 31.5 Å². The van der Waals surface area contributed by atoms with Crippen LogP contribution in [0.25, 0.3) is 0 Å². The van der Waals surface area contributed by atoms with Gasteiger partial charge in [-0.1, -0.05) is 38.7 Å². The Morgan fingerprint density at radius 2 is 1.71 bits per heavy atom. The first-order valence-electron chi connectivity index (χ1n) is 7.99. The Labute approximate surface area is 140 Å². The minimum Gasteiger partial charge on any atom is -0.493 e. The molecule has 138 valence electrons. The van der Waals surface area contributed by atoms with Crippen LogP contribution in [0.15, 0.2) is 18.2 Å². The zero-order valence-electron chi connectivity index (χ0n) is 14.3. The van der Waals surface area contributed by atoms with Gasteiger partial charge in [0.25, 0.3) is 0 Å². The highest BCUT2D eigenvalue weighted by molar-refractivity contribution is 5.45. The van der Waals surface area contributed by atoms with E-state index in [2.05, 4.69) is 0 Å². The number of hydrogen-bond donors (Lipinski definition) is 2. The van der Waals surface area contributed by atoms with Gasteiger partial charge in [0, 0.05) is 6.04 Å². The van der Waals surface area contributed by atoms with E-state index in [-0.39, 0.29) is 23.5 Å². The molecule has 3 N–H and O–H groups in total. The van der Waals surface area contributed by atoms with E-state index < -0.39 is 17.8 Å². The molecule has 0 saturated heterocycles. The summed E-state index contributed by atoms with van der Waals surface area (Å²) >= 11 is 0. The van der Waals surface area contributed by atoms with Crippen molar-refractivity contribution in [2.45, 2.75) is 56.8 Å². The lowest BCUT2D eigenvalue weighted by Gasteiger charge is -2.36. The maximum atomic E-state index is 13.6. The molecule has 2 unspecified atom stereocenters. The summed E-state index contributed by atoms with van der Waals surface area (Å²) in [4.78, 5) is 0. The molecule has 0 saturated carbocycles. The van der Waals surface area contributed by atoms with E-state index in [4.69, 9.17) is 15.2 Å². The third-order valence-corrected chi connectivity index (χ3v) is 4.16. The lowest BCUT2D eigenvalue weighted by molar-refractivity contribution is -0.275. The molecule has 2 atom stereocenters. The van der Waals surface area contributed by atoms with E-state index in [0.29, 0.717) is 6.42 Å². The van der Waals surface area contributed by atoms with Crippen molar-refractivity contribution in [1.29, 1.82) is 0 Å². The Morgan fingerprint density at radius 1 is 1.08 bits per heavy atom. The van der Waals surface area contributed by atoms with Crippen molar-refractivity contribution in [3.05, 3.63) is 23.8 Å². The van der Waals surface area contributed by atoms with E-state index in [1.165, 1.54) is 26.4 Å². The second-order valence-electron chi connectivity index (χ2n) is 5.79. The molecule has 7 heteroatoms. The molecule has 0 heterocycles. The molecule has 0 radical (unpaired) electrons. The number of ether oxygens (including phenoxy) is 2. The largest absolute Gasteiger partial charge is 0.493 e. The lowest BCUT2D eigenvalue weighted by atomic mass is 9.83. The SMILES string of the molecule is CCCCCCC(N)C(O)(c1ccc(OC)c(OC)c1)C(F)(F)F. The zero-order chi connectivity index (χ0) is 18.4. The monoisotopic (exact) mass is 349 g/mol. The Hall–Kier alpha value is -1.47. The standard InChI is InChI=1S/C17H26F3NO3/c1-4-5-6-7-8-15(21)16(22,17(18,19)20)12-9-10-13(23-2)14(11-12)24-3/h9-11,15,22H,4-8,21H2,1-3H3. The molecule has 0 aromatic heterocycles. The predicted octanol–water partition coefficient (Wildman–Crippen LogP) is 3.75. The fourth-order valence-electron chi connectivity index (χ4n) is 2.66. The van der Waals surface area contributed by atoms with E-state index >= 15 is 0 Å². The van der Waals surface area contributed by atoms with Gasteiger partial charge in [0.1, 0.15) is 0 Å². The molecule has 0 aliphatic rings. The minimum absolute atomic E-state index is 0.0738. The van der Waals surface area contributed by atoms with Crippen molar-refractivity contribution in [2.24, 2.45) is 5.73 Å². The van der Waals surface area contributed by atoms with Crippen molar-refractivity contribution in [3.63, 3.8) is 0 Å². The van der Waals surface area contributed by atoms with Crippen LogP contribution in [0.2, 0.25) is 0 Å². The summed E-state index contributed by atoms with van der Waals surface area (Å²) in [6.45, 7) is 2.01. The summed E-state index contributed by atoms with van der Waals surface area (Å²) in [5.74, 6) is 0.387. The number of unbranched alkanes of at least 4 members (excludes halogenated alkanes) is 3. The summed E-state index contributed by atoms with van der Waals surface area (Å²) in [5, 5.41) is 10.5. The van der Waals surface area contributed by atoms with Crippen molar-refractivity contribution in [3.8, 4) is 11.5 Å². The Kier molecular flexibility index (Phi) is 7.35. The van der Waals surface area contributed by atoms with Crippen LogP contribution in [-0.2, 0) is 5.60 Å². The fourth-order valence-corrected chi connectivity index (χ4v) is 2.66. The third kappa shape index (κ3) is 4.33. The molecule has 0 aliphatic carbocycles. The summed E-state index contributed by atoms with van der Waals surface area (Å²) < 4.78 is 51.0. The van der Waals surface area contributed by atoms with Gasteiger partial charge < -0.3 is 20.3 Å². The number of aliphatic hydroxyl groups is 1. The summed E-state index contributed by atoms with van der Waals surface area (Å²) in [6.07, 6.45) is -1.63. The van der Waals surface area contributed by atoms with Gasteiger partial charge in [-0.25, -0.2) is 0 Å². The van der Waals surface area contributed by atoms with Crippen LogP contribution in [0.4, 0.5) is 13.2 Å². The van der Waals surface area contributed by atoms with Crippen LogP contribution in [0.3, 0.4) is 0 Å². The second-order valence-corrected chi connectivity index (χ2v) is 5.79. The maximum absolute atomic E-state index is 13.6. The first kappa shape index (κ1) is 20.6. The van der Waals surface area contributed by atoms with Crippen LogP contribution in [0.1, 0.15) is 44.6 Å². The highest BCUT2D eigenvalue weighted by Crippen LogP contribution is 2.44. The van der Waals surface area contributed by atoms with Crippen molar-refractivity contribution < 1.29 is 27.8 Å². The van der Waals surface area contributed by atoms with E-state index in [0.717, 1.165) is 25.3 Å². The van der Waals surface area contributed by atoms with Gasteiger partial charge in [-0.2, -0.15) is 13.2 Å². The summed E-state index contributed by atoms with van der Waals surface area (Å²) in [5.41, 5.74) is 2.28. The number of benzene rings is 1. The number of hydrogen-bond acceptors (Lipinski definition) is 4. The molecule has 1 aromatic rings. The summed E-state index contributed by atoms with van der Waals surface area (Å²) in [6, 6.07) is 2.15. The number of halogens is 3. The van der Waals surface area contributed by atoms with E-state index in [1.54, 1.807) is 0 Å². The summed E-state index contributed by atoms with van der Waals surface area (Å²) in [7, 11) is 2.70. The number of alkyl halides is 3. The molecular formula is C17H26F3NO3. The fraction of sp³-hybridized carbons (Fsp3) is 0.647. The van der Waals surface area contributed by atoms with Crippen LogP contribution < -0.4 is 15.2 Å². The molecule has 0 bridgehead atoms. The molecule has 1 rings (SSSR count). The molecule has 0 aliphatic heterocycles. The van der Waals surface area contributed by atoms with Crippen molar-refractivity contribution in [1.82, 2.24) is 0 Å². The third-order valence-electron chi connectivity index (χ3n) is 4.16. The van der Waals surface area contributed by atoms with E-state index in [1.807, 2.05) is 6.92 Å². The number of nitrogens with two attached hydrogens (primary N) is 1. The van der Waals surface area contributed by atoms with Crippen LogP contribution >= 0.6 is 0 Å².